The van der Waals surface area contributed by atoms with Crippen LogP contribution in [0.2, 0.25) is 0 Å². The minimum Gasteiger partial charge on any atom is -0.356 e. The van der Waals surface area contributed by atoms with Gasteiger partial charge in [0.15, 0.2) is 5.58 Å². The van der Waals surface area contributed by atoms with Crippen LogP contribution in [-0.4, -0.2) is 38.3 Å². The van der Waals surface area contributed by atoms with Gasteiger partial charge in [0.2, 0.25) is 5.91 Å². The van der Waals surface area contributed by atoms with Crippen molar-refractivity contribution >= 4 is 16.9 Å². The molecular formula is C19H22N4O2. The Hall–Kier alpha value is -2.63. The SMILES string of the molecule is Cc1cc(C)n(C[C@H]2CCCN2C(=O)Cc2noc3ccccc23)n1. The molecule has 130 valence electrons. The first-order valence-electron chi connectivity index (χ1n) is 8.75. The van der Waals surface area contributed by atoms with E-state index in [1.807, 2.05) is 40.8 Å². The van der Waals surface area contributed by atoms with Gasteiger partial charge in [-0.2, -0.15) is 5.10 Å². The normalized spacial score (nSPS) is 17.5. The number of carbonyl (C=O) groups excluding carboxylic acids is 1. The number of carbonyl (C=O) groups is 1. The quantitative estimate of drug-likeness (QED) is 0.734. The summed E-state index contributed by atoms with van der Waals surface area (Å²) < 4.78 is 7.33. The van der Waals surface area contributed by atoms with Gasteiger partial charge in [-0.05, 0) is 44.9 Å². The smallest absolute Gasteiger partial charge is 0.229 e. The standard InChI is InChI=1S/C19H22N4O2/c1-13-10-14(2)23(20-13)12-15-6-5-9-22(15)19(24)11-17-16-7-3-4-8-18(16)25-21-17/h3-4,7-8,10,15H,5-6,9,11-12H2,1-2H3/t15-/m1/s1. The maximum absolute atomic E-state index is 12.9. The molecule has 0 radical (unpaired) electrons. The second kappa shape index (κ2) is 6.35. The summed E-state index contributed by atoms with van der Waals surface area (Å²) in [6.07, 6.45) is 2.34. The first-order valence-corrected chi connectivity index (χ1v) is 8.75. The molecule has 1 aliphatic heterocycles. The maximum atomic E-state index is 12.9. The van der Waals surface area contributed by atoms with Gasteiger partial charge < -0.3 is 9.42 Å². The lowest BCUT2D eigenvalue weighted by atomic mass is 10.1. The molecule has 1 atom stereocenters. The average molecular weight is 338 g/mol. The van der Waals surface area contributed by atoms with E-state index >= 15 is 0 Å². The minimum atomic E-state index is 0.114. The van der Waals surface area contributed by atoms with Gasteiger partial charge in [0.25, 0.3) is 0 Å². The molecule has 25 heavy (non-hydrogen) atoms. The van der Waals surface area contributed by atoms with Crippen molar-refractivity contribution in [3.05, 3.63) is 47.4 Å². The van der Waals surface area contributed by atoms with Gasteiger partial charge in [-0.25, -0.2) is 0 Å². The number of hydrogen-bond donors (Lipinski definition) is 0. The minimum absolute atomic E-state index is 0.114. The van der Waals surface area contributed by atoms with Gasteiger partial charge in [-0.3, -0.25) is 9.48 Å². The molecule has 1 saturated heterocycles. The van der Waals surface area contributed by atoms with E-state index in [4.69, 9.17) is 4.52 Å². The lowest BCUT2D eigenvalue weighted by Gasteiger charge is -2.25. The van der Waals surface area contributed by atoms with E-state index < -0.39 is 0 Å². The number of amides is 1. The van der Waals surface area contributed by atoms with Crippen LogP contribution in [-0.2, 0) is 17.8 Å². The molecule has 4 rings (SSSR count). The average Bonchev–Trinajstić information content (AvgIpc) is 3.28. The molecule has 3 aromatic rings. The van der Waals surface area contributed by atoms with Crippen LogP contribution in [0.5, 0.6) is 0 Å². The Kier molecular flexibility index (Phi) is 4.03. The highest BCUT2D eigenvalue weighted by Gasteiger charge is 2.30. The molecule has 0 spiro atoms. The zero-order chi connectivity index (χ0) is 17.4. The van der Waals surface area contributed by atoms with Crippen LogP contribution in [0.15, 0.2) is 34.9 Å². The molecule has 6 nitrogen and oxygen atoms in total. The molecule has 3 heterocycles. The summed E-state index contributed by atoms with van der Waals surface area (Å²) >= 11 is 0. The molecule has 0 saturated carbocycles. The number of hydrogen-bond acceptors (Lipinski definition) is 4. The Morgan fingerprint density at radius 1 is 1.32 bits per heavy atom. The molecule has 0 aliphatic carbocycles. The molecule has 1 amide bonds. The van der Waals surface area contributed by atoms with E-state index in [2.05, 4.69) is 23.2 Å². The summed E-state index contributed by atoms with van der Waals surface area (Å²) in [6.45, 7) is 5.61. The second-order valence-corrected chi connectivity index (χ2v) is 6.79. The fraction of sp³-hybridized carbons (Fsp3) is 0.421. The van der Waals surface area contributed by atoms with Gasteiger partial charge >= 0.3 is 0 Å². The van der Waals surface area contributed by atoms with Gasteiger partial charge in [-0.15, -0.1) is 0 Å². The lowest BCUT2D eigenvalue weighted by molar-refractivity contribution is -0.131. The van der Waals surface area contributed by atoms with Crippen molar-refractivity contribution in [2.45, 2.75) is 45.7 Å². The molecule has 1 fully saturated rings. The van der Waals surface area contributed by atoms with Crippen molar-refractivity contribution in [2.75, 3.05) is 6.54 Å². The third kappa shape index (κ3) is 3.04. The zero-order valence-electron chi connectivity index (χ0n) is 14.6. The zero-order valence-corrected chi connectivity index (χ0v) is 14.6. The van der Waals surface area contributed by atoms with E-state index in [1.165, 1.54) is 0 Å². The summed E-state index contributed by atoms with van der Waals surface area (Å²) in [6, 6.07) is 9.94. The highest BCUT2D eigenvalue weighted by atomic mass is 16.5. The first kappa shape index (κ1) is 15.9. The Bertz CT molecular complexity index is 911. The fourth-order valence-corrected chi connectivity index (χ4v) is 3.72. The number of para-hydroxylation sites is 1. The highest BCUT2D eigenvalue weighted by Crippen LogP contribution is 2.23. The molecule has 1 aromatic carbocycles. The fourth-order valence-electron chi connectivity index (χ4n) is 3.72. The molecule has 0 N–H and O–H groups in total. The van der Waals surface area contributed by atoms with Crippen molar-refractivity contribution < 1.29 is 9.32 Å². The largest absolute Gasteiger partial charge is 0.356 e. The molecule has 0 bridgehead atoms. The van der Waals surface area contributed by atoms with Gasteiger partial charge in [-0.1, -0.05) is 17.3 Å². The van der Waals surface area contributed by atoms with E-state index in [0.717, 1.165) is 54.0 Å². The van der Waals surface area contributed by atoms with Crippen LogP contribution < -0.4 is 0 Å². The topological polar surface area (TPSA) is 64.2 Å². The van der Waals surface area contributed by atoms with Crippen molar-refractivity contribution in [1.29, 1.82) is 0 Å². The number of nitrogens with zero attached hydrogens (tertiary/aromatic N) is 4. The Balaban J connectivity index is 1.50. The van der Waals surface area contributed by atoms with Crippen molar-refractivity contribution in [2.24, 2.45) is 0 Å². The Morgan fingerprint density at radius 2 is 2.16 bits per heavy atom. The molecule has 1 aliphatic rings. The van der Waals surface area contributed by atoms with Crippen LogP contribution in [0.1, 0.15) is 29.9 Å². The maximum Gasteiger partial charge on any atom is 0.229 e. The number of likely N-dealkylation sites (tertiary alicyclic amines) is 1. The Labute approximate surface area is 146 Å². The monoisotopic (exact) mass is 338 g/mol. The second-order valence-electron chi connectivity index (χ2n) is 6.79. The third-order valence-corrected chi connectivity index (χ3v) is 4.96. The van der Waals surface area contributed by atoms with E-state index in [1.54, 1.807) is 0 Å². The number of fused-ring (bicyclic) bond motifs is 1. The number of aromatic nitrogens is 3. The van der Waals surface area contributed by atoms with Crippen molar-refractivity contribution in [3.63, 3.8) is 0 Å². The summed E-state index contributed by atoms with van der Waals surface area (Å²) in [5, 5.41) is 9.55. The highest BCUT2D eigenvalue weighted by molar-refractivity contribution is 5.86. The van der Waals surface area contributed by atoms with Crippen LogP contribution in [0.4, 0.5) is 0 Å². The van der Waals surface area contributed by atoms with Crippen LogP contribution >= 0.6 is 0 Å². The van der Waals surface area contributed by atoms with Crippen molar-refractivity contribution in [3.8, 4) is 0 Å². The number of rotatable bonds is 4. The van der Waals surface area contributed by atoms with E-state index in [9.17, 15) is 4.79 Å². The van der Waals surface area contributed by atoms with Gasteiger partial charge in [0.1, 0.15) is 5.69 Å². The molecule has 6 heteroatoms. The van der Waals surface area contributed by atoms with Crippen molar-refractivity contribution in [1.82, 2.24) is 19.8 Å². The molecular weight excluding hydrogens is 316 g/mol. The summed E-state index contributed by atoms with van der Waals surface area (Å²) in [5.41, 5.74) is 3.60. The first-order chi connectivity index (χ1) is 12.1. The predicted molar refractivity (Wildman–Crippen MR) is 94.1 cm³/mol. The van der Waals surface area contributed by atoms with Gasteiger partial charge in [0, 0.05) is 17.6 Å². The summed E-state index contributed by atoms with van der Waals surface area (Å²) in [4.78, 5) is 14.8. The number of benzene rings is 1. The van der Waals surface area contributed by atoms with Crippen LogP contribution in [0, 0.1) is 13.8 Å². The van der Waals surface area contributed by atoms with Crippen LogP contribution in [0.3, 0.4) is 0 Å². The van der Waals surface area contributed by atoms with E-state index in [0.29, 0.717) is 0 Å². The number of aryl methyl sites for hydroxylation is 2. The van der Waals surface area contributed by atoms with E-state index in [-0.39, 0.29) is 18.4 Å². The lowest BCUT2D eigenvalue weighted by Crippen LogP contribution is -2.39. The Morgan fingerprint density at radius 3 is 2.96 bits per heavy atom. The summed E-state index contributed by atoms with van der Waals surface area (Å²) in [5.74, 6) is 0.114. The third-order valence-electron chi connectivity index (χ3n) is 4.96. The molecule has 0 unspecified atom stereocenters. The van der Waals surface area contributed by atoms with Gasteiger partial charge in [0.05, 0.1) is 24.7 Å². The predicted octanol–water partition coefficient (Wildman–Crippen LogP) is 2.87. The summed E-state index contributed by atoms with van der Waals surface area (Å²) in [7, 11) is 0. The molecule has 2 aromatic heterocycles. The van der Waals surface area contributed by atoms with Crippen LogP contribution in [0.25, 0.3) is 11.0 Å².